The molecule has 30 heavy (non-hydrogen) atoms. The summed E-state index contributed by atoms with van der Waals surface area (Å²) in [5.74, 6) is -1.40. The first-order valence-corrected chi connectivity index (χ1v) is 10.6. The number of hydrogen-bond donors (Lipinski definition) is 2. The smallest absolute Gasteiger partial charge is 0.405 e. The van der Waals surface area contributed by atoms with Crippen LogP contribution in [0.5, 0.6) is 5.75 Å². The summed E-state index contributed by atoms with van der Waals surface area (Å²) in [5, 5.41) is 5.64. The van der Waals surface area contributed by atoms with Gasteiger partial charge < -0.3 is 15.4 Å². The van der Waals surface area contributed by atoms with Crippen molar-refractivity contribution in [1.29, 1.82) is 0 Å². The molecule has 2 aromatic rings. The van der Waals surface area contributed by atoms with Crippen LogP contribution in [-0.4, -0.2) is 39.6 Å². The van der Waals surface area contributed by atoms with Crippen LogP contribution < -0.4 is 15.4 Å². The van der Waals surface area contributed by atoms with Crippen molar-refractivity contribution in [3.05, 3.63) is 59.9 Å². The zero-order valence-electron chi connectivity index (χ0n) is 16.0. The Labute approximate surface area is 171 Å². The number of aliphatic imine (C=N–C) groups is 1. The molecule has 2 N–H and O–H groups in total. The fourth-order valence-corrected chi connectivity index (χ4v) is 3.72. The second-order valence-electron chi connectivity index (χ2n) is 6.03. The molecule has 0 aliphatic carbocycles. The Morgan fingerprint density at radius 1 is 1.07 bits per heavy atom. The first-order chi connectivity index (χ1) is 14.1. The summed E-state index contributed by atoms with van der Waals surface area (Å²) in [5.41, 5.74) is 0.200. The van der Waals surface area contributed by atoms with Crippen molar-refractivity contribution >= 4 is 15.8 Å². The fourth-order valence-electron chi connectivity index (χ4n) is 2.48. The average molecular weight is 447 g/mol. The molecule has 0 aliphatic heterocycles. The molecule has 0 saturated carbocycles. The van der Waals surface area contributed by atoms with Gasteiger partial charge in [0, 0.05) is 18.7 Å². The molecular formula is C19H21F4N3O3S. The van der Waals surface area contributed by atoms with Gasteiger partial charge in [0.05, 0.1) is 12.3 Å². The second kappa shape index (κ2) is 10.3. The molecule has 0 saturated heterocycles. The van der Waals surface area contributed by atoms with Gasteiger partial charge in [0.1, 0.15) is 16.5 Å². The molecule has 0 amide bonds. The number of guanidine groups is 1. The Bertz CT molecular complexity index is 979. The Balaban J connectivity index is 2.05. The molecule has 0 heterocycles. The van der Waals surface area contributed by atoms with E-state index >= 15 is 0 Å². The predicted octanol–water partition coefficient (Wildman–Crippen LogP) is 3.25. The van der Waals surface area contributed by atoms with Crippen LogP contribution in [0.25, 0.3) is 0 Å². The molecule has 6 nitrogen and oxygen atoms in total. The van der Waals surface area contributed by atoms with Gasteiger partial charge in [-0.05, 0) is 25.1 Å². The number of benzene rings is 2. The molecule has 0 radical (unpaired) electrons. The summed E-state index contributed by atoms with van der Waals surface area (Å²) in [7, 11) is -3.86. The summed E-state index contributed by atoms with van der Waals surface area (Å²) in [4.78, 5) is 3.77. The summed E-state index contributed by atoms with van der Waals surface area (Å²) >= 11 is 0. The third kappa shape index (κ3) is 7.21. The number of ether oxygens (including phenoxy) is 1. The van der Waals surface area contributed by atoms with Crippen LogP contribution >= 0.6 is 0 Å². The maximum Gasteiger partial charge on any atom is 0.573 e. The molecule has 0 fully saturated rings. The minimum Gasteiger partial charge on any atom is -0.405 e. The Morgan fingerprint density at radius 2 is 1.73 bits per heavy atom. The lowest BCUT2D eigenvalue weighted by molar-refractivity contribution is -0.274. The highest BCUT2D eigenvalue weighted by Crippen LogP contribution is 2.26. The zero-order valence-corrected chi connectivity index (χ0v) is 16.9. The molecular weight excluding hydrogens is 426 g/mol. The predicted molar refractivity (Wildman–Crippen MR) is 104 cm³/mol. The van der Waals surface area contributed by atoms with E-state index < -0.39 is 32.7 Å². The number of nitrogens with zero attached hydrogens (tertiary/aromatic N) is 1. The minimum absolute atomic E-state index is 0.0802. The highest BCUT2D eigenvalue weighted by atomic mass is 32.2. The van der Waals surface area contributed by atoms with Crippen molar-refractivity contribution in [2.75, 3.05) is 18.8 Å². The topological polar surface area (TPSA) is 79.8 Å². The normalized spacial score (nSPS) is 12.5. The van der Waals surface area contributed by atoms with Crippen LogP contribution in [0.4, 0.5) is 17.6 Å². The van der Waals surface area contributed by atoms with Crippen molar-refractivity contribution in [3.8, 4) is 5.75 Å². The van der Waals surface area contributed by atoms with Gasteiger partial charge in [-0.3, -0.25) is 0 Å². The molecule has 2 aromatic carbocycles. The fraction of sp³-hybridized carbons (Fsp3) is 0.316. The molecule has 164 valence electrons. The number of para-hydroxylation sites is 1. The minimum atomic E-state index is -4.83. The third-order valence-electron chi connectivity index (χ3n) is 3.78. The summed E-state index contributed by atoms with van der Waals surface area (Å²) in [6.07, 6.45) is -4.83. The first kappa shape index (κ1) is 23.5. The Kier molecular flexibility index (Phi) is 8.04. The van der Waals surface area contributed by atoms with Gasteiger partial charge in [-0.25, -0.2) is 17.8 Å². The lowest BCUT2D eigenvalue weighted by Crippen LogP contribution is -2.39. The van der Waals surface area contributed by atoms with E-state index in [0.717, 1.165) is 6.07 Å². The van der Waals surface area contributed by atoms with E-state index in [1.165, 1.54) is 36.4 Å². The lowest BCUT2D eigenvalue weighted by Gasteiger charge is -2.14. The maximum absolute atomic E-state index is 13.7. The monoisotopic (exact) mass is 447 g/mol. The maximum atomic E-state index is 13.7. The standard InChI is InChI=1S/C19H21F4N3O3S/c1-2-24-18(25-11-12-30(27,28)17-10-6-4-8-15(17)20)26-13-14-7-3-5-9-16(14)29-19(21,22)23/h3-10H,2,11-13H2,1H3,(H2,24,25,26). The van der Waals surface area contributed by atoms with Crippen LogP contribution in [0.3, 0.4) is 0 Å². The highest BCUT2D eigenvalue weighted by molar-refractivity contribution is 7.91. The average Bonchev–Trinajstić information content (AvgIpc) is 2.66. The van der Waals surface area contributed by atoms with Crippen LogP contribution in [0.1, 0.15) is 12.5 Å². The zero-order chi connectivity index (χ0) is 22.2. The van der Waals surface area contributed by atoms with E-state index in [2.05, 4.69) is 20.4 Å². The second-order valence-corrected chi connectivity index (χ2v) is 8.10. The van der Waals surface area contributed by atoms with E-state index in [-0.39, 0.29) is 30.4 Å². The van der Waals surface area contributed by atoms with E-state index in [1.54, 1.807) is 13.0 Å². The van der Waals surface area contributed by atoms with Crippen LogP contribution in [0.15, 0.2) is 58.4 Å². The molecule has 0 unspecified atom stereocenters. The number of halogens is 4. The van der Waals surface area contributed by atoms with Crippen molar-refractivity contribution in [1.82, 2.24) is 10.6 Å². The highest BCUT2D eigenvalue weighted by Gasteiger charge is 2.31. The van der Waals surface area contributed by atoms with Crippen molar-refractivity contribution in [2.24, 2.45) is 4.99 Å². The lowest BCUT2D eigenvalue weighted by atomic mass is 10.2. The van der Waals surface area contributed by atoms with Gasteiger partial charge in [0.15, 0.2) is 15.8 Å². The van der Waals surface area contributed by atoms with Crippen molar-refractivity contribution in [2.45, 2.75) is 24.7 Å². The van der Waals surface area contributed by atoms with Crippen LogP contribution in [-0.2, 0) is 16.4 Å². The van der Waals surface area contributed by atoms with Gasteiger partial charge in [-0.1, -0.05) is 30.3 Å². The number of sulfone groups is 1. The third-order valence-corrected chi connectivity index (χ3v) is 5.53. The molecule has 0 aromatic heterocycles. The number of nitrogens with one attached hydrogen (secondary N) is 2. The quantitative estimate of drug-likeness (QED) is 0.369. The molecule has 11 heteroatoms. The number of rotatable bonds is 8. The van der Waals surface area contributed by atoms with E-state index in [1.807, 2.05) is 0 Å². The van der Waals surface area contributed by atoms with Crippen LogP contribution in [0.2, 0.25) is 0 Å². The summed E-state index contributed by atoms with van der Waals surface area (Å²) in [6, 6.07) is 10.6. The van der Waals surface area contributed by atoms with E-state index in [0.29, 0.717) is 6.54 Å². The molecule has 2 rings (SSSR count). The van der Waals surface area contributed by atoms with E-state index in [4.69, 9.17) is 0 Å². The van der Waals surface area contributed by atoms with Crippen molar-refractivity contribution < 1.29 is 30.7 Å². The molecule has 0 aliphatic rings. The van der Waals surface area contributed by atoms with Gasteiger partial charge in [-0.2, -0.15) is 0 Å². The largest absolute Gasteiger partial charge is 0.573 e. The van der Waals surface area contributed by atoms with Gasteiger partial charge >= 0.3 is 6.36 Å². The number of alkyl halides is 3. The van der Waals surface area contributed by atoms with Gasteiger partial charge in [-0.15, -0.1) is 13.2 Å². The van der Waals surface area contributed by atoms with Crippen molar-refractivity contribution in [3.63, 3.8) is 0 Å². The summed E-state index contributed by atoms with van der Waals surface area (Å²) in [6.45, 7) is 1.99. The van der Waals surface area contributed by atoms with Crippen LogP contribution in [0, 0.1) is 5.82 Å². The first-order valence-electron chi connectivity index (χ1n) is 8.95. The van der Waals surface area contributed by atoms with Gasteiger partial charge in [0.25, 0.3) is 0 Å². The van der Waals surface area contributed by atoms with Gasteiger partial charge in [0.2, 0.25) is 0 Å². The Hall–Kier alpha value is -2.82. The molecule has 0 atom stereocenters. The molecule has 0 spiro atoms. The SMILES string of the molecule is CCNC(=NCc1ccccc1OC(F)(F)F)NCCS(=O)(=O)c1ccccc1F. The van der Waals surface area contributed by atoms with E-state index in [9.17, 15) is 26.0 Å². The number of hydrogen-bond acceptors (Lipinski definition) is 4. The molecule has 0 bridgehead atoms. The Morgan fingerprint density at radius 3 is 2.40 bits per heavy atom. The summed E-state index contributed by atoms with van der Waals surface area (Å²) < 4.78 is 79.8.